The quantitative estimate of drug-likeness (QED) is 0.617. The second-order valence-corrected chi connectivity index (χ2v) is 8.40. The summed E-state index contributed by atoms with van der Waals surface area (Å²) >= 11 is 0. The van der Waals surface area contributed by atoms with Crippen molar-refractivity contribution in [2.75, 3.05) is 13.1 Å². The molecule has 1 saturated heterocycles. The third-order valence-corrected chi connectivity index (χ3v) is 5.80. The maximum atomic E-state index is 13.1. The van der Waals surface area contributed by atoms with E-state index in [-0.39, 0.29) is 48.7 Å². The zero-order chi connectivity index (χ0) is 20.4. The molecule has 1 unspecified atom stereocenters. The zero-order valence-electron chi connectivity index (χ0n) is 17.9. The van der Waals surface area contributed by atoms with Crippen molar-refractivity contribution in [3.8, 4) is 5.75 Å². The molecule has 3 aromatic rings. The van der Waals surface area contributed by atoms with Crippen LogP contribution in [0.1, 0.15) is 26.1 Å². The third-order valence-electron chi connectivity index (χ3n) is 5.80. The number of carbonyl (C=O) groups excluding carboxylic acids is 1. The van der Waals surface area contributed by atoms with Gasteiger partial charge in [0.1, 0.15) is 24.7 Å². The highest BCUT2D eigenvalue weighted by Crippen LogP contribution is 2.28. The van der Waals surface area contributed by atoms with E-state index in [9.17, 15) is 4.79 Å². The van der Waals surface area contributed by atoms with Crippen LogP contribution in [0.3, 0.4) is 0 Å². The maximum Gasteiger partial charge on any atom is 0.242 e. The van der Waals surface area contributed by atoms with Crippen molar-refractivity contribution in [2.24, 2.45) is 11.1 Å². The summed E-state index contributed by atoms with van der Waals surface area (Å²) in [7, 11) is 0. The van der Waals surface area contributed by atoms with E-state index in [4.69, 9.17) is 15.5 Å². The van der Waals surface area contributed by atoms with E-state index in [0.29, 0.717) is 19.7 Å². The van der Waals surface area contributed by atoms with Gasteiger partial charge in [-0.05, 0) is 36.1 Å². The van der Waals surface area contributed by atoms with Crippen molar-refractivity contribution >= 4 is 41.8 Å². The summed E-state index contributed by atoms with van der Waals surface area (Å²) in [5, 5.41) is 0. The van der Waals surface area contributed by atoms with E-state index >= 15 is 0 Å². The first-order valence-corrected chi connectivity index (χ1v) is 10.1. The number of aromatic nitrogens is 2. The van der Waals surface area contributed by atoms with Gasteiger partial charge in [0.2, 0.25) is 5.91 Å². The van der Waals surface area contributed by atoms with Crippen molar-refractivity contribution in [1.29, 1.82) is 0 Å². The minimum atomic E-state index is -0.0792. The molecule has 0 bridgehead atoms. The highest BCUT2D eigenvalue weighted by Gasteiger charge is 2.35. The summed E-state index contributed by atoms with van der Waals surface area (Å²) < 4.78 is 7.89. The van der Waals surface area contributed by atoms with Gasteiger partial charge in [-0.15, -0.1) is 24.8 Å². The lowest BCUT2D eigenvalue weighted by Gasteiger charge is -2.42. The maximum absolute atomic E-state index is 13.1. The smallest absolute Gasteiger partial charge is 0.242 e. The molecule has 31 heavy (non-hydrogen) atoms. The largest absolute Gasteiger partial charge is 0.486 e. The van der Waals surface area contributed by atoms with Crippen LogP contribution in [-0.2, 0) is 17.9 Å². The fourth-order valence-corrected chi connectivity index (χ4v) is 3.90. The van der Waals surface area contributed by atoms with Crippen LogP contribution in [0.4, 0.5) is 0 Å². The van der Waals surface area contributed by atoms with Crippen LogP contribution in [-0.4, -0.2) is 39.5 Å². The van der Waals surface area contributed by atoms with Crippen LogP contribution in [0.2, 0.25) is 0 Å². The summed E-state index contributed by atoms with van der Waals surface area (Å²) in [6.45, 7) is 6.19. The van der Waals surface area contributed by atoms with E-state index in [1.807, 2.05) is 64.1 Å². The van der Waals surface area contributed by atoms with Gasteiger partial charge < -0.3 is 19.9 Å². The Morgan fingerprint density at radius 1 is 1.13 bits per heavy atom. The predicted molar refractivity (Wildman–Crippen MR) is 128 cm³/mol. The molecule has 4 rings (SSSR count). The van der Waals surface area contributed by atoms with Crippen LogP contribution in [0.25, 0.3) is 11.0 Å². The molecule has 1 atom stereocenters. The average Bonchev–Trinajstić information content (AvgIpc) is 3.06. The monoisotopic (exact) mass is 464 g/mol. The number of imidazole rings is 1. The Balaban J connectivity index is 0.00000171. The molecule has 2 aromatic carbocycles. The van der Waals surface area contributed by atoms with Crippen molar-refractivity contribution in [3.05, 3.63) is 60.4 Å². The number of ether oxygens (including phenoxy) is 1. The van der Waals surface area contributed by atoms with Crippen molar-refractivity contribution < 1.29 is 9.53 Å². The number of halogens is 2. The molecule has 1 aliphatic rings. The van der Waals surface area contributed by atoms with Gasteiger partial charge in [-0.3, -0.25) is 4.79 Å². The molecule has 1 amide bonds. The number of carbonyl (C=O) groups is 1. The van der Waals surface area contributed by atoms with E-state index < -0.39 is 0 Å². The van der Waals surface area contributed by atoms with E-state index in [1.54, 1.807) is 0 Å². The number of likely N-dealkylation sites (tertiary alicyclic amines) is 1. The molecule has 2 N–H and O–H groups in total. The molecule has 0 saturated carbocycles. The minimum absolute atomic E-state index is 0. The Bertz CT molecular complexity index is 1010. The first kappa shape index (κ1) is 25.0. The molecule has 6 nitrogen and oxygen atoms in total. The predicted octanol–water partition coefficient (Wildman–Crippen LogP) is 4.04. The molecular formula is C23H30Cl2N4O2. The normalized spacial score (nSPS) is 17.5. The average molecular weight is 465 g/mol. The Morgan fingerprint density at radius 3 is 2.52 bits per heavy atom. The number of nitrogens with zero attached hydrogens (tertiary/aromatic N) is 3. The topological polar surface area (TPSA) is 73.4 Å². The number of nitrogens with two attached hydrogens (primary N) is 1. The van der Waals surface area contributed by atoms with Crippen molar-refractivity contribution in [1.82, 2.24) is 14.5 Å². The van der Waals surface area contributed by atoms with Crippen LogP contribution in [0, 0.1) is 5.41 Å². The molecule has 0 radical (unpaired) electrons. The molecule has 1 fully saturated rings. The fraction of sp³-hybridized carbons (Fsp3) is 0.391. The van der Waals surface area contributed by atoms with Gasteiger partial charge in [-0.1, -0.05) is 44.2 Å². The highest BCUT2D eigenvalue weighted by molar-refractivity contribution is 5.85. The van der Waals surface area contributed by atoms with E-state index in [2.05, 4.69) is 13.8 Å². The summed E-state index contributed by atoms with van der Waals surface area (Å²) in [5.74, 6) is 1.62. The third kappa shape index (κ3) is 5.50. The molecule has 8 heteroatoms. The number of rotatable bonds is 5. The van der Waals surface area contributed by atoms with Gasteiger partial charge in [-0.2, -0.15) is 0 Å². The van der Waals surface area contributed by atoms with Crippen LogP contribution in [0.15, 0.2) is 54.6 Å². The van der Waals surface area contributed by atoms with Gasteiger partial charge >= 0.3 is 0 Å². The molecule has 2 heterocycles. The highest BCUT2D eigenvalue weighted by atomic mass is 35.5. The molecule has 0 aliphatic carbocycles. The standard InChI is InChI=1S/C23H28N4O2.2ClH/c1-23(2)16-26(13-12-20(23)24)22(28)14-27-19-11-7-6-10-18(19)25-21(27)15-29-17-8-4-3-5-9-17;;/h3-11,20H,12-16,24H2,1-2H3;2*1H. The van der Waals surface area contributed by atoms with Gasteiger partial charge in [0.15, 0.2) is 0 Å². The summed E-state index contributed by atoms with van der Waals surface area (Å²) in [6, 6.07) is 17.7. The lowest BCUT2D eigenvalue weighted by molar-refractivity contribution is -0.135. The second-order valence-electron chi connectivity index (χ2n) is 8.40. The molecule has 1 aliphatic heterocycles. The van der Waals surface area contributed by atoms with Gasteiger partial charge in [0.05, 0.1) is 11.0 Å². The van der Waals surface area contributed by atoms with Crippen LogP contribution < -0.4 is 10.5 Å². The lowest BCUT2D eigenvalue weighted by Crippen LogP contribution is -2.54. The number of para-hydroxylation sites is 3. The zero-order valence-corrected chi connectivity index (χ0v) is 19.5. The Morgan fingerprint density at radius 2 is 1.81 bits per heavy atom. The minimum Gasteiger partial charge on any atom is -0.486 e. The number of amides is 1. The van der Waals surface area contributed by atoms with Gasteiger partial charge in [0, 0.05) is 19.1 Å². The van der Waals surface area contributed by atoms with Crippen LogP contribution in [0.5, 0.6) is 5.75 Å². The SMILES string of the molecule is CC1(C)CN(C(=O)Cn2c(COc3ccccc3)nc3ccccc32)CCC1N.Cl.Cl. The Labute approximate surface area is 195 Å². The fourth-order valence-electron chi connectivity index (χ4n) is 3.90. The van der Waals surface area contributed by atoms with E-state index in [1.165, 1.54) is 0 Å². The molecule has 168 valence electrons. The van der Waals surface area contributed by atoms with Gasteiger partial charge in [-0.25, -0.2) is 4.98 Å². The number of piperidine rings is 1. The molecular weight excluding hydrogens is 435 g/mol. The summed E-state index contributed by atoms with van der Waals surface area (Å²) in [4.78, 5) is 19.8. The van der Waals surface area contributed by atoms with Gasteiger partial charge in [0.25, 0.3) is 0 Å². The molecule has 0 spiro atoms. The Kier molecular flexibility index (Phi) is 8.34. The number of fused-ring (bicyclic) bond motifs is 1. The second kappa shape index (κ2) is 10.4. The number of hydrogen-bond donors (Lipinski definition) is 1. The summed E-state index contributed by atoms with van der Waals surface area (Å²) in [5.41, 5.74) is 7.97. The van der Waals surface area contributed by atoms with E-state index in [0.717, 1.165) is 29.0 Å². The summed E-state index contributed by atoms with van der Waals surface area (Å²) in [6.07, 6.45) is 0.827. The molecule has 1 aromatic heterocycles. The van der Waals surface area contributed by atoms with Crippen LogP contribution >= 0.6 is 24.8 Å². The first-order valence-electron chi connectivity index (χ1n) is 10.1. The Hall–Kier alpha value is -2.28. The first-order chi connectivity index (χ1) is 13.9. The van der Waals surface area contributed by atoms with Crippen molar-refractivity contribution in [3.63, 3.8) is 0 Å². The number of hydrogen-bond acceptors (Lipinski definition) is 4. The van der Waals surface area contributed by atoms with Crippen molar-refractivity contribution in [2.45, 2.75) is 39.5 Å². The number of benzene rings is 2. The lowest BCUT2D eigenvalue weighted by atomic mass is 9.79.